The molecule has 3 heterocycles. The zero-order chi connectivity index (χ0) is 18.9. The fourth-order valence-corrected chi connectivity index (χ4v) is 4.84. The summed E-state index contributed by atoms with van der Waals surface area (Å²) in [5.74, 6) is 1.06. The quantitative estimate of drug-likeness (QED) is 0.496. The van der Waals surface area contributed by atoms with Gasteiger partial charge in [0.1, 0.15) is 17.0 Å². The molecule has 28 heavy (non-hydrogen) atoms. The largest absolute Gasteiger partial charge is 0.368 e. The van der Waals surface area contributed by atoms with Gasteiger partial charge in [-0.05, 0) is 30.2 Å². The predicted molar refractivity (Wildman–Crippen MR) is 118 cm³/mol. The fraction of sp³-hybridized carbons (Fsp3) is 0.217. The number of hydrogen-bond donors (Lipinski definition) is 0. The first kappa shape index (κ1) is 17.2. The highest BCUT2D eigenvalue weighted by atomic mass is 32.1. The van der Waals surface area contributed by atoms with Crippen LogP contribution in [0.5, 0.6) is 0 Å². The summed E-state index contributed by atoms with van der Waals surface area (Å²) in [5, 5.41) is 3.39. The van der Waals surface area contributed by atoms with E-state index >= 15 is 0 Å². The van der Waals surface area contributed by atoms with Crippen molar-refractivity contribution in [2.24, 2.45) is 0 Å². The molecule has 0 aliphatic carbocycles. The highest BCUT2D eigenvalue weighted by Crippen LogP contribution is 2.38. The lowest BCUT2D eigenvalue weighted by molar-refractivity contribution is 0.649. The summed E-state index contributed by atoms with van der Waals surface area (Å²) < 4.78 is 0. The molecule has 2 aromatic carbocycles. The molecule has 0 unspecified atom stereocenters. The third-order valence-electron chi connectivity index (χ3n) is 5.38. The van der Waals surface area contributed by atoms with Crippen molar-refractivity contribution < 1.29 is 0 Å². The number of benzene rings is 2. The summed E-state index contributed by atoms with van der Waals surface area (Å²) >= 11 is 1.70. The number of thiophene rings is 1. The van der Waals surface area contributed by atoms with Gasteiger partial charge in [-0.25, -0.2) is 9.97 Å². The minimum atomic E-state index is 0.962. The van der Waals surface area contributed by atoms with E-state index in [1.807, 2.05) is 0 Å². The van der Waals surface area contributed by atoms with Crippen LogP contribution in [0.15, 0.2) is 66.3 Å². The Kier molecular flexibility index (Phi) is 4.45. The number of hydrogen-bond acceptors (Lipinski definition) is 5. The lowest BCUT2D eigenvalue weighted by atomic mass is 10.1. The molecule has 1 aliphatic rings. The number of aryl methyl sites for hydroxylation is 1. The zero-order valence-electron chi connectivity index (χ0n) is 15.9. The van der Waals surface area contributed by atoms with Crippen molar-refractivity contribution in [3.8, 4) is 11.1 Å². The molecule has 1 fully saturated rings. The number of nitrogens with zero attached hydrogens (tertiary/aromatic N) is 4. The molecule has 0 bridgehead atoms. The zero-order valence-corrected chi connectivity index (χ0v) is 16.7. The molecular formula is C23H22N4S. The molecule has 5 heteroatoms. The summed E-state index contributed by atoms with van der Waals surface area (Å²) in [6.07, 6.45) is 1.70. The third-order valence-corrected chi connectivity index (χ3v) is 6.27. The Balaban J connectivity index is 1.45. The second-order valence-corrected chi connectivity index (χ2v) is 8.06. The van der Waals surface area contributed by atoms with Gasteiger partial charge in [0.05, 0.1) is 5.39 Å². The predicted octanol–water partition coefficient (Wildman–Crippen LogP) is 4.99. The van der Waals surface area contributed by atoms with E-state index < -0.39 is 0 Å². The maximum atomic E-state index is 4.70. The van der Waals surface area contributed by atoms with Crippen LogP contribution in [-0.4, -0.2) is 36.1 Å². The minimum absolute atomic E-state index is 0.962. The minimum Gasteiger partial charge on any atom is -0.368 e. The van der Waals surface area contributed by atoms with Gasteiger partial charge < -0.3 is 9.80 Å². The molecule has 1 aliphatic heterocycles. The van der Waals surface area contributed by atoms with Crippen molar-refractivity contribution in [3.63, 3.8) is 0 Å². The van der Waals surface area contributed by atoms with Gasteiger partial charge in [-0.2, -0.15) is 0 Å². The summed E-state index contributed by atoms with van der Waals surface area (Å²) in [5.41, 5.74) is 5.08. The molecular weight excluding hydrogens is 364 g/mol. The van der Waals surface area contributed by atoms with E-state index in [2.05, 4.69) is 81.7 Å². The van der Waals surface area contributed by atoms with E-state index in [0.717, 1.165) is 36.8 Å². The fourth-order valence-electron chi connectivity index (χ4n) is 3.93. The Bertz CT molecular complexity index is 1100. The van der Waals surface area contributed by atoms with Crippen LogP contribution in [0.25, 0.3) is 21.3 Å². The molecule has 0 atom stereocenters. The van der Waals surface area contributed by atoms with E-state index in [1.165, 1.54) is 27.8 Å². The van der Waals surface area contributed by atoms with E-state index in [4.69, 9.17) is 4.98 Å². The van der Waals surface area contributed by atoms with Crippen LogP contribution in [0, 0.1) is 6.92 Å². The Morgan fingerprint density at radius 2 is 1.64 bits per heavy atom. The maximum Gasteiger partial charge on any atom is 0.141 e. The Morgan fingerprint density at radius 1 is 0.857 bits per heavy atom. The van der Waals surface area contributed by atoms with E-state index in [1.54, 1.807) is 17.7 Å². The van der Waals surface area contributed by atoms with Gasteiger partial charge in [0, 0.05) is 42.8 Å². The van der Waals surface area contributed by atoms with Crippen LogP contribution in [0.1, 0.15) is 5.56 Å². The van der Waals surface area contributed by atoms with Crippen LogP contribution in [0.4, 0.5) is 11.5 Å². The Labute approximate surface area is 169 Å². The Morgan fingerprint density at radius 3 is 2.43 bits per heavy atom. The molecule has 0 radical (unpaired) electrons. The smallest absolute Gasteiger partial charge is 0.141 e. The normalized spacial score (nSPS) is 14.6. The van der Waals surface area contributed by atoms with Gasteiger partial charge >= 0.3 is 0 Å². The second-order valence-electron chi connectivity index (χ2n) is 7.21. The summed E-state index contributed by atoms with van der Waals surface area (Å²) in [7, 11) is 0. The van der Waals surface area contributed by atoms with Gasteiger partial charge in [0.25, 0.3) is 0 Å². The molecule has 1 saturated heterocycles. The van der Waals surface area contributed by atoms with Gasteiger partial charge in [-0.15, -0.1) is 11.3 Å². The van der Waals surface area contributed by atoms with E-state index in [-0.39, 0.29) is 0 Å². The first-order valence-corrected chi connectivity index (χ1v) is 10.5. The van der Waals surface area contributed by atoms with Crippen molar-refractivity contribution in [1.82, 2.24) is 9.97 Å². The topological polar surface area (TPSA) is 32.3 Å². The number of aromatic nitrogens is 2. The molecule has 2 aromatic heterocycles. The molecule has 4 nitrogen and oxygen atoms in total. The molecule has 0 saturated carbocycles. The molecule has 0 N–H and O–H groups in total. The van der Waals surface area contributed by atoms with Crippen LogP contribution >= 0.6 is 11.3 Å². The second kappa shape index (κ2) is 7.24. The lowest BCUT2D eigenvalue weighted by Crippen LogP contribution is -2.46. The van der Waals surface area contributed by atoms with E-state index in [0.29, 0.717) is 0 Å². The summed E-state index contributed by atoms with van der Waals surface area (Å²) in [6.45, 7) is 6.08. The standard InChI is InChI=1S/C23H22N4S/c1-17-6-5-9-19(14-17)26-10-12-27(13-11-26)22-21-20(18-7-3-2-4-8-18)15-28-23(21)25-16-24-22/h2-9,14-16H,10-13H2,1H3. The third kappa shape index (κ3) is 3.12. The van der Waals surface area contributed by atoms with Crippen LogP contribution in [-0.2, 0) is 0 Å². The van der Waals surface area contributed by atoms with Gasteiger partial charge in [-0.3, -0.25) is 0 Å². The molecule has 5 rings (SSSR count). The van der Waals surface area contributed by atoms with Gasteiger partial charge in [-0.1, -0.05) is 42.5 Å². The van der Waals surface area contributed by atoms with E-state index in [9.17, 15) is 0 Å². The lowest BCUT2D eigenvalue weighted by Gasteiger charge is -2.37. The molecule has 4 aromatic rings. The van der Waals surface area contributed by atoms with Crippen molar-refractivity contribution in [2.45, 2.75) is 6.92 Å². The van der Waals surface area contributed by atoms with Crippen LogP contribution in [0.2, 0.25) is 0 Å². The SMILES string of the molecule is Cc1cccc(N2CCN(c3ncnc4scc(-c5ccccc5)c34)CC2)c1. The van der Waals surface area contributed by atoms with Crippen molar-refractivity contribution in [1.29, 1.82) is 0 Å². The Hall–Kier alpha value is -2.92. The number of piperazine rings is 1. The van der Waals surface area contributed by atoms with Gasteiger partial charge in [0.15, 0.2) is 0 Å². The first-order chi connectivity index (χ1) is 13.8. The highest BCUT2D eigenvalue weighted by molar-refractivity contribution is 7.17. The molecule has 140 valence electrons. The number of rotatable bonds is 3. The first-order valence-electron chi connectivity index (χ1n) is 9.64. The average Bonchev–Trinajstić information content (AvgIpc) is 3.19. The van der Waals surface area contributed by atoms with Crippen LogP contribution in [0.3, 0.4) is 0 Å². The number of fused-ring (bicyclic) bond motifs is 1. The van der Waals surface area contributed by atoms with Crippen molar-refractivity contribution >= 4 is 33.1 Å². The molecule has 0 amide bonds. The van der Waals surface area contributed by atoms with Gasteiger partial charge in [0.2, 0.25) is 0 Å². The van der Waals surface area contributed by atoms with Crippen LogP contribution < -0.4 is 9.80 Å². The monoisotopic (exact) mass is 386 g/mol. The van der Waals surface area contributed by atoms with Crippen molar-refractivity contribution in [3.05, 3.63) is 71.9 Å². The maximum absolute atomic E-state index is 4.70. The number of anilines is 2. The summed E-state index contributed by atoms with van der Waals surface area (Å²) in [4.78, 5) is 15.2. The molecule has 0 spiro atoms. The van der Waals surface area contributed by atoms with Crippen molar-refractivity contribution in [2.75, 3.05) is 36.0 Å². The highest BCUT2D eigenvalue weighted by Gasteiger charge is 2.22. The summed E-state index contributed by atoms with van der Waals surface area (Å²) in [6, 6.07) is 19.3. The average molecular weight is 387 g/mol.